The summed E-state index contributed by atoms with van der Waals surface area (Å²) in [7, 11) is 1.62. The first kappa shape index (κ1) is 17.0. The topological polar surface area (TPSA) is 77.7 Å². The second kappa shape index (κ2) is 7.07. The number of morpholine rings is 1. The SMILES string of the molecule is COc1cccc(CC(=O)N2C[C@@H](C)O[C@@H](c3nc(C4CC4)no3)C2)c1. The van der Waals surface area contributed by atoms with Gasteiger partial charge in [-0.2, -0.15) is 4.98 Å². The van der Waals surface area contributed by atoms with E-state index in [1.54, 1.807) is 7.11 Å². The standard InChI is InChI=1S/C19H23N3O4/c1-12-10-22(17(23)9-13-4-3-5-15(8-13)24-2)11-16(25-12)19-20-18(21-26-19)14-6-7-14/h3-5,8,12,14,16H,6-7,9-11H2,1-2H3/t12-,16-/m1/s1. The van der Waals surface area contributed by atoms with Crippen molar-refractivity contribution in [2.75, 3.05) is 20.2 Å². The third-order valence-corrected chi connectivity index (χ3v) is 4.78. The van der Waals surface area contributed by atoms with Crippen LogP contribution in [0, 0.1) is 0 Å². The van der Waals surface area contributed by atoms with Crippen LogP contribution in [0.5, 0.6) is 5.75 Å². The number of benzene rings is 1. The zero-order valence-electron chi connectivity index (χ0n) is 15.1. The molecule has 4 rings (SSSR count). The van der Waals surface area contributed by atoms with E-state index < -0.39 is 0 Å². The highest BCUT2D eigenvalue weighted by Crippen LogP contribution is 2.39. The van der Waals surface area contributed by atoms with Crippen molar-refractivity contribution in [3.63, 3.8) is 0 Å². The van der Waals surface area contributed by atoms with Crippen LogP contribution >= 0.6 is 0 Å². The summed E-state index contributed by atoms with van der Waals surface area (Å²) in [6.45, 7) is 2.94. The highest BCUT2D eigenvalue weighted by atomic mass is 16.5. The van der Waals surface area contributed by atoms with Gasteiger partial charge in [-0.1, -0.05) is 17.3 Å². The predicted octanol–water partition coefficient (Wildman–Crippen LogP) is 2.49. The van der Waals surface area contributed by atoms with Gasteiger partial charge in [-0.25, -0.2) is 0 Å². The quantitative estimate of drug-likeness (QED) is 0.818. The Kier molecular flexibility index (Phi) is 4.63. The minimum absolute atomic E-state index is 0.0559. The number of nitrogens with zero attached hydrogens (tertiary/aromatic N) is 3. The molecule has 7 nitrogen and oxygen atoms in total. The van der Waals surface area contributed by atoms with Crippen LogP contribution in [0.3, 0.4) is 0 Å². The molecular formula is C19H23N3O4. The van der Waals surface area contributed by atoms with Crippen molar-refractivity contribution in [2.45, 2.75) is 44.3 Å². The van der Waals surface area contributed by atoms with Gasteiger partial charge in [-0.15, -0.1) is 0 Å². The Balaban J connectivity index is 1.44. The second-order valence-electron chi connectivity index (χ2n) is 7.03. The van der Waals surface area contributed by atoms with Gasteiger partial charge in [0.2, 0.25) is 5.91 Å². The Hall–Kier alpha value is -2.41. The lowest BCUT2D eigenvalue weighted by molar-refractivity contribution is -0.146. The summed E-state index contributed by atoms with van der Waals surface area (Å²) in [4.78, 5) is 19.1. The molecule has 2 atom stereocenters. The van der Waals surface area contributed by atoms with Gasteiger partial charge in [-0.3, -0.25) is 4.79 Å². The molecule has 2 fully saturated rings. The molecule has 1 saturated carbocycles. The molecule has 0 N–H and O–H groups in total. The number of methoxy groups -OCH3 is 1. The maximum absolute atomic E-state index is 12.8. The van der Waals surface area contributed by atoms with E-state index in [2.05, 4.69) is 10.1 Å². The van der Waals surface area contributed by atoms with E-state index in [0.717, 1.165) is 30.0 Å². The Labute approximate surface area is 152 Å². The van der Waals surface area contributed by atoms with Crippen LogP contribution in [0.25, 0.3) is 0 Å². The van der Waals surface area contributed by atoms with Crippen LogP contribution in [-0.4, -0.2) is 47.3 Å². The van der Waals surface area contributed by atoms with E-state index in [1.165, 1.54) is 0 Å². The summed E-state index contributed by atoms with van der Waals surface area (Å²) in [5.74, 6) is 2.47. The summed E-state index contributed by atoms with van der Waals surface area (Å²) in [6, 6.07) is 7.58. The Morgan fingerprint density at radius 1 is 1.35 bits per heavy atom. The molecule has 7 heteroatoms. The van der Waals surface area contributed by atoms with E-state index in [-0.39, 0.29) is 18.1 Å². The van der Waals surface area contributed by atoms with Crippen molar-refractivity contribution in [3.8, 4) is 5.75 Å². The zero-order valence-corrected chi connectivity index (χ0v) is 15.1. The van der Waals surface area contributed by atoms with Crippen molar-refractivity contribution < 1.29 is 18.8 Å². The molecular weight excluding hydrogens is 334 g/mol. The van der Waals surface area contributed by atoms with E-state index in [9.17, 15) is 4.79 Å². The first-order chi connectivity index (χ1) is 12.6. The Morgan fingerprint density at radius 2 is 2.19 bits per heavy atom. The molecule has 1 amide bonds. The molecule has 1 aromatic carbocycles. The molecule has 138 valence electrons. The van der Waals surface area contributed by atoms with E-state index in [4.69, 9.17) is 14.0 Å². The van der Waals surface area contributed by atoms with Crippen LogP contribution in [0.4, 0.5) is 0 Å². The first-order valence-electron chi connectivity index (χ1n) is 9.02. The molecule has 2 aromatic rings. The average molecular weight is 357 g/mol. The monoisotopic (exact) mass is 357 g/mol. The summed E-state index contributed by atoms with van der Waals surface area (Å²) in [5, 5.41) is 4.05. The van der Waals surface area contributed by atoms with Crippen LogP contribution in [-0.2, 0) is 16.0 Å². The fraction of sp³-hybridized carbons (Fsp3) is 0.526. The van der Waals surface area contributed by atoms with Gasteiger partial charge in [0.1, 0.15) is 5.75 Å². The summed E-state index contributed by atoms with van der Waals surface area (Å²) < 4.78 is 16.6. The Morgan fingerprint density at radius 3 is 2.96 bits per heavy atom. The molecule has 2 heterocycles. The highest BCUT2D eigenvalue weighted by molar-refractivity contribution is 5.79. The number of hydrogen-bond acceptors (Lipinski definition) is 6. The van der Waals surface area contributed by atoms with E-state index >= 15 is 0 Å². The normalized spacial score (nSPS) is 23.1. The van der Waals surface area contributed by atoms with Crippen molar-refractivity contribution in [2.24, 2.45) is 0 Å². The maximum atomic E-state index is 12.8. The van der Waals surface area contributed by atoms with E-state index in [1.807, 2.05) is 36.1 Å². The summed E-state index contributed by atoms with van der Waals surface area (Å²) in [5.41, 5.74) is 0.929. The highest BCUT2D eigenvalue weighted by Gasteiger charge is 2.35. The molecule has 2 aliphatic rings. The lowest BCUT2D eigenvalue weighted by atomic mass is 10.1. The minimum Gasteiger partial charge on any atom is -0.497 e. The molecule has 26 heavy (non-hydrogen) atoms. The zero-order chi connectivity index (χ0) is 18.1. The number of aromatic nitrogens is 2. The maximum Gasteiger partial charge on any atom is 0.257 e. The lowest BCUT2D eigenvalue weighted by Crippen LogP contribution is -2.46. The van der Waals surface area contributed by atoms with Gasteiger partial charge in [-0.05, 0) is 37.5 Å². The number of carbonyl (C=O) groups excluding carboxylic acids is 1. The number of rotatable bonds is 5. The van der Waals surface area contributed by atoms with Crippen molar-refractivity contribution in [1.29, 1.82) is 0 Å². The predicted molar refractivity (Wildman–Crippen MR) is 92.8 cm³/mol. The van der Waals surface area contributed by atoms with Crippen molar-refractivity contribution in [1.82, 2.24) is 15.0 Å². The lowest BCUT2D eigenvalue weighted by Gasteiger charge is -2.35. The van der Waals surface area contributed by atoms with Gasteiger partial charge in [0.25, 0.3) is 5.89 Å². The number of hydrogen-bond donors (Lipinski definition) is 0. The molecule has 1 aliphatic carbocycles. The molecule has 0 radical (unpaired) electrons. The smallest absolute Gasteiger partial charge is 0.257 e. The van der Waals surface area contributed by atoms with Gasteiger partial charge in [0.15, 0.2) is 11.9 Å². The number of carbonyl (C=O) groups is 1. The molecule has 0 bridgehead atoms. The molecule has 0 spiro atoms. The van der Waals surface area contributed by atoms with Crippen LogP contribution in [0.15, 0.2) is 28.8 Å². The number of ether oxygens (including phenoxy) is 2. The molecule has 1 aliphatic heterocycles. The van der Waals surface area contributed by atoms with Gasteiger partial charge >= 0.3 is 0 Å². The van der Waals surface area contributed by atoms with Crippen LogP contribution in [0.2, 0.25) is 0 Å². The van der Waals surface area contributed by atoms with E-state index in [0.29, 0.717) is 31.3 Å². The minimum atomic E-state index is -0.368. The van der Waals surface area contributed by atoms with Crippen molar-refractivity contribution in [3.05, 3.63) is 41.5 Å². The third-order valence-electron chi connectivity index (χ3n) is 4.78. The average Bonchev–Trinajstić information content (AvgIpc) is 3.38. The molecule has 0 unspecified atom stereocenters. The molecule has 1 aromatic heterocycles. The van der Waals surface area contributed by atoms with Crippen LogP contribution in [0.1, 0.15) is 49.1 Å². The summed E-state index contributed by atoms with van der Waals surface area (Å²) >= 11 is 0. The molecule has 1 saturated heterocycles. The van der Waals surface area contributed by atoms with Crippen LogP contribution < -0.4 is 4.74 Å². The van der Waals surface area contributed by atoms with Gasteiger partial charge in [0.05, 0.1) is 26.2 Å². The number of amides is 1. The van der Waals surface area contributed by atoms with Gasteiger partial charge in [0, 0.05) is 12.5 Å². The summed E-state index contributed by atoms with van der Waals surface area (Å²) in [6.07, 6.45) is 2.11. The van der Waals surface area contributed by atoms with Gasteiger partial charge < -0.3 is 18.9 Å². The largest absolute Gasteiger partial charge is 0.497 e. The fourth-order valence-electron chi connectivity index (χ4n) is 3.25. The Bertz CT molecular complexity index is 787. The fourth-order valence-corrected chi connectivity index (χ4v) is 3.25. The third kappa shape index (κ3) is 3.72. The second-order valence-corrected chi connectivity index (χ2v) is 7.03. The first-order valence-corrected chi connectivity index (χ1v) is 9.02. The van der Waals surface area contributed by atoms with Crippen molar-refractivity contribution >= 4 is 5.91 Å².